The molecule has 1 atom stereocenters. The molecule has 5 rings (SSSR count). The Balaban J connectivity index is 1.61. The Morgan fingerprint density at radius 2 is 1.92 bits per heavy atom. The largest absolute Gasteiger partial charge is 0.497 e. The number of aryl methyl sites for hydroxylation is 1. The molecule has 1 fully saturated rings. The van der Waals surface area contributed by atoms with Crippen LogP contribution in [0.4, 0.5) is 14.9 Å². The highest BCUT2D eigenvalue weighted by atomic mass is 19.1. The monoisotopic (exact) mass is 496 g/mol. The van der Waals surface area contributed by atoms with E-state index in [-0.39, 0.29) is 31.4 Å². The summed E-state index contributed by atoms with van der Waals surface area (Å²) in [5, 5.41) is 14.1. The molecule has 10 heteroatoms. The van der Waals surface area contributed by atoms with Crippen LogP contribution >= 0.6 is 0 Å². The van der Waals surface area contributed by atoms with Crippen LogP contribution in [0.5, 0.6) is 5.75 Å². The summed E-state index contributed by atoms with van der Waals surface area (Å²) >= 11 is 0. The minimum absolute atomic E-state index is 0.0214. The summed E-state index contributed by atoms with van der Waals surface area (Å²) in [4.78, 5) is 29.3. The Morgan fingerprint density at radius 3 is 2.58 bits per heavy atom. The lowest BCUT2D eigenvalue weighted by Gasteiger charge is -2.56. The minimum Gasteiger partial charge on any atom is -0.497 e. The fourth-order valence-corrected chi connectivity index (χ4v) is 5.65. The average molecular weight is 497 g/mol. The van der Waals surface area contributed by atoms with Crippen molar-refractivity contribution < 1.29 is 28.6 Å². The van der Waals surface area contributed by atoms with Gasteiger partial charge < -0.3 is 34.3 Å². The molecule has 0 bridgehead atoms. The number of halogens is 1. The van der Waals surface area contributed by atoms with Gasteiger partial charge in [-0.3, -0.25) is 4.79 Å². The van der Waals surface area contributed by atoms with Gasteiger partial charge in [0.1, 0.15) is 18.2 Å². The van der Waals surface area contributed by atoms with Crippen LogP contribution in [0, 0.1) is 5.82 Å². The predicted molar refractivity (Wildman–Crippen MR) is 132 cm³/mol. The fourth-order valence-electron chi connectivity index (χ4n) is 5.65. The van der Waals surface area contributed by atoms with Gasteiger partial charge in [-0.1, -0.05) is 12.1 Å². The van der Waals surface area contributed by atoms with Crippen LogP contribution in [-0.4, -0.2) is 78.5 Å². The second-order valence-electron chi connectivity index (χ2n) is 9.40. The lowest BCUT2D eigenvalue weighted by atomic mass is 9.68. The second kappa shape index (κ2) is 9.11. The maximum absolute atomic E-state index is 14.3. The van der Waals surface area contributed by atoms with E-state index in [1.165, 1.54) is 19.2 Å². The summed E-state index contributed by atoms with van der Waals surface area (Å²) in [7, 11) is 4.97. The number of ether oxygens (including phenoxy) is 2. The number of urea groups is 1. The van der Waals surface area contributed by atoms with E-state index < -0.39 is 23.3 Å². The number of rotatable bonds is 5. The van der Waals surface area contributed by atoms with E-state index >= 15 is 0 Å². The summed E-state index contributed by atoms with van der Waals surface area (Å²) in [6, 6.07) is 10.6. The van der Waals surface area contributed by atoms with Gasteiger partial charge in [-0.25, -0.2) is 9.18 Å². The van der Waals surface area contributed by atoms with Gasteiger partial charge in [-0.15, -0.1) is 0 Å². The van der Waals surface area contributed by atoms with Crippen molar-refractivity contribution >= 4 is 28.5 Å². The summed E-state index contributed by atoms with van der Waals surface area (Å²) in [6.07, 6.45) is 0. The Labute approximate surface area is 208 Å². The number of benzene rings is 2. The zero-order chi connectivity index (χ0) is 25.6. The van der Waals surface area contributed by atoms with Crippen molar-refractivity contribution in [2.24, 2.45) is 7.05 Å². The number of methoxy groups -OCH3 is 2. The molecule has 1 saturated heterocycles. The molecule has 2 aliphatic rings. The van der Waals surface area contributed by atoms with Gasteiger partial charge in [-0.05, 0) is 29.8 Å². The predicted octanol–water partition coefficient (Wildman–Crippen LogP) is 2.63. The lowest BCUT2D eigenvalue weighted by Crippen LogP contribution is -2.68. The van der Waals surface area contributed by atoms with Gasteiger partial charge in [0.2, 0.25) is 5.91 Å². The fraction of sp³-hybridized carbons (Fsp3) is 0.385. The van der Waals surface area contributed by atoms with E-state index in [9.17, 15) is 19.1 Å². The van der Waals surface area contributed by atoms with Crippen molar-refractivity contribution in [2.75, 3.05) is 52.4 Å². The molecule has 3 aromatic rings. The number of hydrogen-bond acceptors (Lipinski definition) is 5. The van der Waals surface area contributed by atoms with Gasteiger partial charge in [0, 0.05) is 50.9 Å². The number of anilines is 1. The van der Waals surface area contributed by atoms with Crippen LogP contribution in [0.1, 0.15) is 17.3 Å². The molecule has 3 heterocycles. The smallest absolute Gasteiger partial charge is 0.322 e. The van der Waals surface area contributed by atoms with Crippen molar-refractivity contribution in [3.8, 4) is 5.75 Å². The number of aromatic nitrogens is 1. The van der Waals surface area contributed by atoms with Gasteiger partial charge in [0.25, 0.3) is 0 Å². The van der Waals surface area contributed by atoms with E-state index in [2.05, 4.69) is 5.32 Å². The number of aliphatic hydroxyl groups is 1. The number of carbonyl (C=O) groups is 2. The molecular formula is C26H29FN4O5. The maximum Gasteiger partial charge on any atom is 0.322 e. The van der Waals surface area contributed by atoms with Crippen LogP contribution in [0.15, 0.2) is 42.5 Å². The summed E-state index contributed by atoms with van der Waals surface area (Å²) in [5.74, 6) is 0.0171. The standard InChI is InChI=1S/C26H29FN4O5/c1-29-20-10-16(36-3)8-9-17(20)23-24(29)21(11-32)31(25(34)28-19-7-5-4-6-18(19)27)15-26(23)13-30(14-26)22(33)12-35-2/h4-10,21,32H,11-15H2,1-3H3,(H,28,34)/t21-/m1/s1. The van der Waals surface area contributed by atoms with Gasteiger partial charge >= 0.3 is 6.03 Å². The van der Waals surface area contributed by atoms with Crippen LogP contribution in [0.25, 0.3) is 10.9 Å². The van der Waals surface area contributed by atoms with E-state index in [1.54, 1.807) is 29.0 Å². The third kappa shape index (κ3) is 3.68. The van der Waals surface area contributed by atoms with Crippen molar-refractivity contribution in [1.29, 1.82) is 0 Å². The number of nitrogens with zero attached hydrogens (tertiary/aromatic N) is 3. The van der Waals surface area contributed by atoms with Crippen LogP contribution in [-0.2, 0) is 22.0 Å². The number of para-hydroxylation sites is 1. The van der Waals surface area contributed by atoms with E-state index in [0.29, 0.717) is 18.8 Å². The van der Waals surface area contributed by atoms with Crippen molar-refractivity contribution in [2.45, 2.75) is 11.5 Å². The molecule has 1 aromatic heterocycles. The molecule has 3 amide bonds. The number of carbonyl (C=O) groups excluding carboxylic acids is 2. The number of likely N-dealkylation sites (tertiary alicyclic amines) is 1. The first kappa shape index (κ1) is 24.1. The highest BCUT2D eigenvalue weighted by Gasteiger charge is 2.55. The zero-order valence-electron chi connectivity index (χ0n) is 20.5. The Hall–Kier alpha value is -3.63. The van der Waals surface area contributed by atoms with Crippen molar-refractivity contribution in [3.63, 3.8) is 0 Å². The highest BCUT2D eigenvalue weighted by Crippen LogP contribution is 2.49. The van der Waals surface area contributed by atoms with Gasteiger partial charge in [-0.2, -0.15) is 0 Å². The molecule has 2 aliphatic heterocycles. The number of aliphatic hydroxyl groups excluding tert-OH is 1. The lowest BCUT2D eigenvalue weighted by molar-refractivity contribution is -0.144. The molecular weight excluding hydrogens is 467 g/mol. The molecule has 0 aliphatic carbocycles. The average Bonchev–Trinajstić information content (AvgIpc) is 3.15. The van der Waals surface area contributed by atoms with Gasteiger partial charge in [0.15, 0.2) is 0 Å². The molecule has 0 saturated carbocycles. The summed E-state index contributed by atoms with van der Waals surface area (Å²) < 4.78 is 26.7. The van der Waals surface area contributed by atoms with E-state index in [0.717, 1.165) is 22.2 Å². The molecule has 36 heavy (non-hydrogen) atoms. The number of amides is 3. The molecule has 1 spiro atoms. The topological polar surface area (TPSA) is 96.3 Å². The Morgan fingerprint density at radius 1 is 1.17 bits per heavy atom. The second-order valence-corrected chi connectivity index (χ2v) is 9.40. The SMILES string of the molecule is COCC(=O)N1CC2(C1)CN(C(=O)Nc1ccccc1F)[C@H](CO)c1c2c2ccc(OC)cc2n1C. The third-order valence-electron chi connectivity index (χ3n) is 7.31. The Kier molecular flexibility index (Phi) is 6.09. The molecule has 0 radical (unpaired) electrons. The Bertz CT molecular complexity index is 1330. The third-order valence-corrected chi connectivity index (χ3v) is 7.31. The number of fused-ring (bicyclic) bond motifs is 4. The highest BCUT2D eigenvalue weighted by molar-refractivity contribution is 5.93. The summed E-state index contributed by atoms with van der Waals surface area (Å²) in [6.45, 7) is 0.713. The first-order valence-electron chi connectivity index (χ1n) is 11.7. The molecule has 0 unspecified atom stereocenters. The normalized spacial score (nSPS) is 18.2. The quantitative estimate of drug-likeness (QED) is 0.566. The van der Waals surface area contributed by atoms with E-state index in [1.807, 2.05) is 29.8 Å². The zero-order valence-corrected chi connectivity index (χ0v) is 20.5. The number of hydrogen-bond donors (Lipinski definition) is 2. The minimum atomic E-state index is -0.662. The van der Waals surface area contributed by atoms with Gasteiger partial charge in [0.05, 0.1) is 36.4 Å². The molecule has 9 nitrogen and oxygen atoms in total. The van der Waals surface area contributed by atoms with Crippen molar-refractivity contribution in [3.05, 3.63) is 59.5 Å². The first-order chi connectivity index (χ1) is 17.3. The van der Waals surface area contributed by atoms with Crippen LogP contribution in [0.3, 0.4) is 0 Å². The molecule has 2 aromatic carbocycles. The van der Waals surface area contributed by atoms with Crippen LogP contribution < -0.4 is 10.1 Å². The number of nitrogens with one attached hydrogen (secondary N) is 1. The molecule has 190 valence electrons. The van der Waals surface area contributed by atoms with E-state index in [4.69, 9.17) is 9.47 Å². The van der Waals surface area contributed by atoms with Crippen LogP contribution in [0.2, 0.25) is 0 Å². The summed E-state index contributed by atoms with van der Waals surface area (Å²) in [5.41, 5.74) is 2.21. The first-order valence-corrected chi connectivity index (χ1v) is 11.7. The molecule has 2 N–H and O–H groups in total. The van der Waals surface area contributed by atoms with Crippen molar-refractivity contribution in [1.82, 2.24) is 14.4 Å². The maximum atomic E-state index is 14.3.